The summed E-state index contributed by atoms with van der Waals surface area (Å²) in [5.41, 5.74) is 0.324. The van der Waals surface area contributed by atoms with E-state index in [4.69, 9.17) is 0 Å². The largest absolute Gasteiger partial charge is 0.316 e. The predicted octanol–water partition coefficient (Wildman–Crippen LogP) is 1.82. The van der Waals surface area contributed by atoms with Crippen LogP contribution in [0.2, 0.25) is 0 Å². The number of hydrogen-bond acceptors (Lipinski definition) is 2. The summed E-state index contributed by atoms with van der Waals surface area (Å²) in [5, 5.41) is 3.49. The minimum Gasteiger partial charge on any atom is -0.316 e. The molecule has 1 N–H and O–H groups in total. The Bertz CT molecular complexity index is 250. The minimum atomic E-state index is 0.324. The summed E-state index contributed by atoms with van der Waals surface area (Å²) in [4.78, 5) is 2.56. The third-order valence-corrected chi connectivity index (χ3v) is 4.13. The SMILES string of the molecule is C=C(Br)CN1CC2CNCC2C1(C)C. The van der Waals surface area contributed by atoms with E-state index < -0.39 is 0 Å². The van der Waals surface area contributed by atoms with Gasteiger partial charge in [-0.05, 0) is 32.2 Å². The summed E-state index contributed by atoms with van der Waals surface area (Å²) in [5.74, 6) is 1.66. The van der Waals surface area contributed by atoms with Crippen LogP contribution in [0.1, 0.15) is 13.8 Å². The lowest BCUT2D eigenvalue weighted by Gasteiger charge is -2.35. The fourth-order valence-corrected chi connectivity index (χ4v) is 3.28. The molecule has 0 radical (unpaired) electrons. The number of likely N-dealkylation sites (tertiary alicyclic amines) is 1. The number of rotatable bonds is 2. The van der Waals surface area contributed by atoms with Gasteiger partial charge in [-0.3, -0.25) is 4.90 Å². The van der Waals surface area contributed by atoms with Crippen LogP contribution in [0.25, 0.3) is 0 Å². The minimum absolute atomic E-state index is 0.324. The third-order valence-electron chi connectivity index (χ3n) is 3.88. The molecule has 2 atom stereocenters. The van der Waals surface area contributed by atoms with Gasteiger partial charge in [0.25, 0.3) is 0 Å². The van der Waals surface area contributed by atoms with Gasteiger partial charge in [0.05, 0.1) is 0 Å². The maximum Gasteiger partial charge on any atom is 0.0299 e. The second-order valence-electron chi connectivity index (χ2n) is 5.08. The molecule has 2 fully saturated rings. The van der Waals surface area contributed by atoms with E-state index in [1.54, 1.807) is 0 Å². The van der Waals surface area contributed by atoms with Crippen LogP contribution in [0.15, 0.2) is 11.1 Å². The van der Waals surface area contributed by atoms with Gasteiger partial charge < -0.3 is 5.32 Å². The van der Waals surface area contributed by atoms with Gasteiger partial charge in [-0.25, -0.2) is 0 Å². The summed E-state index contributed by atoms with van der Waals surface area (Å²) in [6.45, 7) is 13.2. The number of nitrogens with one attached hydrogen (secondary N) is 1. The van der Waals surface area contributed by atoms with Gasteiger partial charge in [-0.1, -0.05) is 22.5 Å². The lowest BCUT2D eigenvalue weighted by molar-refractivity contribution is 0.155. The van der Waals surface area contributed by atoms with Crippen LogP contribution in [-0.2, 0) is 0 Å². The molecular weight excluding hydrogens is 240 g/mol. The Morgan fingerprint density at radius 3 is 2.86 bits per heavy atom. The average molecular weight is 259 g/mol. The summed E-state index contributed by atoms with van der Waals surface area (Å²) in [7, 11) is 0. The molecule has 2 aliphatic heterocycles. The van der Waals surface area contributed by atoms with Gasteiger partial charge >= 0.3 is 0 Å². The zero-order valence-corrected chi connectivity index (χ0v) is 10.6. The summed E-state index contributed by atoms with van der Waals surface area (Å²) in [6, 6.07) is 0. The first-order chi connectivity index (χ1) is 6.51. The van der Waals surface area contributed by atoms with E-state index in [9.17, 15) is 0 Å². The lowest BCUT2D eigenvalue weighted by Crippen LogP contribution is -2.44. The van der Waals surface area contributed by atoms with Gasteiger partial charge in [0.15, 0.2) is 0 Å². The molecule has 0 aromatic heterocycles. The molecule has 14 heavy (non-hydrogen) atoms. The van der Waals surface area contributed by atoms with Crippen molar-refractivity contribution in [3.8, 4) is 0 Å². The standard InChI is InChI=1S/C11H19BrN2/c1-8(12)6-14-7-9-4-13-5-10(9)11(14,2)3/h9-10,13H,1,4-7H2,2-3H3. The third kappa shape index (κ3) is 1.66. The molecule has 2 aliphatic rings. The molecule has 0 bridgehead atoms. The molecule has 2 saturated heterocycles. The highest BCUT2D eigenvalue weighted by Gasteiger charge is 2.49. The van der Waals surface area contributed by atoms with Gasteiger partial charge in [0.1, 0.15) is 0 Å². The van der Waals surface area contributed by atoms with E-state index in [2.05, 4.69) is 46.6 Å². The quantitative estimate of drug-likeness (QED) is 0.813. The lowest BCUT2D eigenvalue weighted by atomic mass is 9.85. The monoisotopic (exact) mass is 258 g/mol. The first kappa shape index (κ1) is 10.7. The highest BCUT2D eigenvalue weighted by molar-refractivity contribution is 9.11. The molecule has 2 rings (SSSR count). The van der Waals surface area contributed by atoms with Gasteiger partial charge in [0, 0.05) is 29.7 Å². The maximum atomic E-state index is 3.94. The Morgan fingerprint density at radius 1 is 1.57 bits per heavy atom. The normalized spacial score (nSPS) is 35.9. The van der Waals surface area contributed by atoms with Crippen molar-refractivity contribution in [2.45, 2.75) is 19.4 Å². The van der Waals surface area contributed by atoms with Crippen molar-refractivity contribution in [2.75, 3.05) is 26.2 Å². The highest BCUT2D eigenvalue weighted by Crippen LogP contribution is 2.40. The van der Waals surface area contributed by atoms with E-state index in [1.165, 1.54) is 19.6 Å². The number of nitrogens with zero attached hydrogens (tertiary/aromatic N) is 1. The Morgan fingerprint density at radius 2 is 2.29 bits per heavy atom. The van der Waals surface area contributed by atoms with Gasteiger partial charge in [0.2, 0.25) is 0 Å². The van der Waals surface area contributed by atoms with Crippen LogP contribution < -0.4 is 5.32 Å². The van der Waals surface area contributed by atoms with Crippen LogP contribution in [0.4, 0.5) is 0 Å². The van der Waals surface area contributed by atoms with Crippen molar-refractivity contribution in [3.05, 3.63) is 11.1 Å². The molecule has 2 heterocycles. The van der Waals surface area contributed by atoms with Crippen molar-refractivity contribution >= 4 is 15.9 Å². The Hall–Kier alpha value is 0.140. The van der Waals surface area contributed by atoms with Crippen LogP contribution in [0, 0.1) is 11.8 Å². The Labute approximate surface area is 94.9 Å². The van der Waals surface area contributed by atoms with Gasteiger partial charge in [-0.15, -0.1) is 0 Å². The molecule has 0 spiro atoms. The zero-order chi connectivity index (χ0) is 10.3. The van der Waals surface area contributed by atoms with Crippen molar-refractivity contribution < 1.29 is 0 Å². The highest BCUT2D eigenvalue weighted by atomic mass is 79.9. The van der Waals surface area contributed by atoms with Crippen LogP contribution in [-0.4, -0.2) is 36.6 Å². The molecule has 80 valence electrons. The van der Waals surface area contributed by atoms with E-state index in [0.717, 1.165) is 22.9 Å². The van der Waals surface area contributed by atoms with Crippen LogP contribution >= 0.6 is 15.9 Å². The van der Waals surface area contributed by atoms with Crippen molar-refractivity contribution in [1.29, 1.82) is 0 Å². The molecular formula is C11H19BrN2. The second kappa shape index (κ2) is 3.62. The topological polar surface area (TPSA) is 15.3 Å². The number of halogens is 1. The molecule has 3 heteroatoms. The van der Waals surface area contributed by atoms with E-state index in [0.29, 0.717) is 5.54 Å². The Balaban J connectivity index is 2.11. The fourth-order valence-electron chi connectivity index (χ4n) is 2.98. The molecule has 0 saturated carbocycles. The van der Waals surface area contributed by atoms with Crippen LogP contribution in [0.5, 0.6) is 0 Å². The average Bonchev–Trinajstić information content (AvgIpc) is 2.57. The van der Waals surface area contributed by atoms with Crippen molar-refractivity contribution in [2.24, 2.45) is 11.8 Å². The van der Waals surface area contributed by atoms with Gasteiger partial charge in [-0.2, -0.15) is 0 Å². The fraction of sp³-hybridized carbons (Fsp3) is 0.818. The molecule has 0 aromatic rings. The van der Waals surface area contributed by atoms with E-state index >= 15 is 0 Å². The molecule has 0 aliphatic carbocycles. The maximum absolute atomic E-state index is 3.94. The number of fused-ring (bicyclic) bond motifs is 1. The second-order valence-corrected chi connectivity index (χ2v) is 6.20. The smallest absolute Gasteiger partial charge is 0.0299 e. The first-order valence-corrected chi connectivity index (χ1v) is 6.10. The van der Waals surface area contributed by atoms with Crippen molar-refractivity contribution in [3.63, 3.8) is 0 Å². The Kier molecular flexibility index (Phi) is 2.75. The van der Waals surface area contributed by atoms with Crippen LogP contribution in [0.3, 0.4) is 0 Å². The van der Waals surface area contributed by atoms with Crippen molar-refractivity contribution in [1.82, 2.24) is 10.2 Å². The zero-order valence-electron chi connectivity index (χ0n) is 9.02. The summed E-state index contributed by atoms with van der Waals surface area (Å²) >= 11 is 3.46. The van der Waals surface area contributed by atoms with E-state index in [1.807, 2.05) is 0 Å². The van der Waals surface area contributed by atoms with E-state index in [-0.39, 0.29) is 0 Å². The molecule has 0 aromatic carbocycles. The number of hydrogen-bond donors (Lipinski definition) is 1. The summed E-state index contributed by atoms with van der Waals surface area (Å²) < 4.78 is 1.10. The predicted molar refractivity (Wildman–Crippen MR) is 63.6 cm³/mol. The molecule has 2 unspecified atom stereocenters. The summed E-state index contributed by atoms with van der Waals surface area (Å²) in [6.07, 6.45) is 0. The molecule has 0 amide bonds. The first-order valence-electron chi connectivity index (χ1n) is 5.31. The molecule has 2 nitrogen and oxygen atoms in total.